The zero-order chi connectivity index (χ0) is 68.1. The fourth-order valence-corrected chi connectivity index (χ4v) is 10.7. The first kappa shape index (κ1) is 85.2. The highest BCUT2D eigenvalue weighted by Gasteiger charge is 2.26. The van der Waals surface area contributed by atoms with E-state index in [4.69, 9.17) is 29.2 Å². The van der Waals surface area contributed by atoms with Crippen LogP contribution >= 0.6 is 0 Å². The average molecular weight is 1330 g/mol. The molecule has 0 bridgehead atoms. The van der Waals surface area contributed by atoms with Crippen LogP contribution in [0.25, 0.3) is 0 Å². The Hall–Kier alpha value is -5.78. The van der Waals surface area contributed by atoms with Crippen LogP contribution in [0.3, 0.4) is 0 Å². The van der Waals surface area contributed by atoms with E-state index in [0.29, 0.717) is 51.9 Å². The number of hydrogen-bond acceptors (Lipinski definition) is 18. The van der Waals surface area contributed by atoms with Gasteiger partial charge in [-0.3, -0.25) is 52.4 Å². The average Bonchev–Trinajstić information content (AvgIpc) is 3.64. The number of sulfonamides is 1. The third-order valence-electron chi connectivity index (χ3n) is 14.3. The summed E-state index contributed by atoms with van der Waals surface area (Å²) in [5, 5.41) is 26.2. The monoisotopic (exact) mass is 1330 g/mol. The quantitative estimate of drug-likeness (QED) is 0.0189. The van der Waals surface area contributed by atoms with E-state index >= 15 is 0 Å². The molecular weight excluding hydrogens is 1230 g/mol. The molecule has 0 fully saturated rings. The number of benzene rings is 1. The van der Waals surface area contributed by atoms with Crippen LogP contribution in [-0.4, -0.2) is 173 Å². The SMILES string of the molecule is CCC(=O)CC[C@@H](NC(=O)CC[C@H](CC(=O)COCCOCCNC(=O)CCCS(=O)(=O)NC(=O)CCCCCCCCCCCCCCCCCS(=O)(=O)O)C(=O)O)C(=O)O.CCCOCCOCC(=O)N[C@@H](CCCCCC(=O)c1ccc(C)cc1)C(N)=O. The number of ketones is 3. The number of unbranched alkanes of at least 4 members (excludes halogenated alkanes) is 16. The van der Waals surface area contributed by atoms with Crippen LogP contribution in [0.15, 0.2) is 24.3 Å². The van der Waals surface area contributed by atoms with Crippen molar-refractivity contribution in [3.8, 4) is 0 Å². The van der Waals surface area contributed by atoms with Crippen LogP contribution in [0, 0.1) is 12.8 Å². The fraction of sp³-hybridized carbons (Fsp3) is 0.746. The molecule has 1 aromatic carbocycles. The second kappa shape index (κ2) is 53.7. The van der Waals surface area contributed by atoms with Gasteiger partial charge < -0.3 is 50.8 Å². The van der Waals surface area contributed by atoms with E-state index in [0.717, 1.165) is 88.2 Å². The van der Waals surface area contributed by atoms with Crippen LogP contribution in [0.2, 0.25) is 0 Å². The van der Waals surface area contributed by atoms with Gasteiger partial charge in [-0.15, -0.1) is 0 Å². The predicted molar refractivity (Wildman–Crippen MR) is 342 cm³/mol. The van der Waals surface area contributed by atoms with Gasteiger partial charge in [-0.05, 0) is 58.3 Å². The molecular formula is C63H107N5O21S2. The van der Waals surface area contributed by atoms with Crippen LogP contribution in [0.1, 0.15) is 222 Å². The van der Waals surface area contributed by atoms with Gasteiger partial charge in [-0.25, -0.2) is 13.2 Å². The Morgan fingerprint density at radius 1 is 0.495 bits per heavy atom. The molecule has 0 radical (unpaired) electrons. The first-order valence-electron chi connectivity index (χ1n) is 32.3. The highest BCUT2D eigenvalue weighted by molar-refractivity contribution is 7.90. The molecule has 522 valence electrons. The van der Waals surface area contributed by atoms with Crippen molar-refractivity contribution in [2.75, 3.05) is 70.9 Å². The summed E-state index contributed by atoms with van der Waals surface area (Å²) in [5.41, 5.74) is 7.22. The van der Waals surface area contributed by atoms with Gasteiger partial charge in [0, 0.05) is 63.7 Å². The molecule has 0 aliphatic heterocycles. The third kappa shape index (κ3) is 52.4. The molecule has 91 heavy (non-hydrogen) atoms. The molecule has 28 heteroatoms. The number of nitrogens with two attached hydrogens (primary N) is 1. The summed E-state index contributed by atoms with van der Waals surface area (Å²) >= 11 is 0. The van der Waals surface area contributed by atoms with Crippen molar-refractivity contribution in [3.63, 3.8) is 0 Å². The molecule has 0 heterocycles. The number of Topliss-reactive ketones (excluding diaryl/α,β-unsaturated/α-hetero) is 3. The smallest absolute Gasteiger partial charge is 0.326 e. The van der Waals surface area contributed by atoms with Crippen LogP contribution in [0.4, 0.5) is 0 Å². The summed E-state index contributed by atoms with van der Waals surface area (Å²) in [6, 6.07) is 5.52. The lowest BCUT2D eigenvalue weighted by Gasteiger charge is -2.15. The van der Waals surface area contributed by atoms with Crippen molar-refractivity contribution in [1.29, 1.82) is 0 Å². The molecule has 0 aliphatic rings. The number of primary amides is 1. The van der Waals surface area contributed by atoms with Crippen LogP contribution in [-0.2, 0) is 82.2 Å². The van der Waals surface area contributed by atoms with Crippen LogP contribution in [0.5, 0.6) is 0 Å². The number of carboxylic acid groups (broad SMARTS) is 2. The highest BCUT2D eigenvalue weighted by Crippen LogP contribution is 2.17. The highest BCUT2D eigenvalue weighted by atomic mass is 32.2. The molecule has 0 unspecified atom stereocenters. The van der Waals surface area contributed by atoms with Crippen molar-refractivity contribution in [2.45, 2.75) is 225 Å². The van der Waals surface area contributed by atoms with E-state index in [1.807, 2.05) is 38.1 Å². The lowest BCUT2D eigenvalue weighted by atomic mass is 9.97. The number of carboxylic acids is 2. The Morgan fingerprint density at radius 3 is 1.56 bits per heavy atom. The van der Waals surface area contributed by atoms with Gasteiger partial charge in [0.25, 0.3) is 10.1 Å². The van der Waals surface area contributed by atoms with Crippen LogP contribution < -0.4 is 26.4 Å². The summed E-state index contributed by atoms with van der Waals surface area (Å²) in [5.74, 6) is -7.51. The van der Waals surface area contributed by atoms with Crippen molar-refractivity contribution in [1.82, 2.24) is 20.7 Å². The molecule has 5 amide bonds. The normalized spacial score (nSPS) is 12.4. The minimum Gasteiger partial charge on any atom is -0.481 e. The minimum atomic E-state index is -3.87. The Kier molecular flexibility index (Phi) is 50.3. The van der Waals surface area contributed by atoms with Crippen molar-refractivity contribution < 1.29 is 98.5 Å². The molecule has 1 rings (SSSR count). The predicted octanol–water partition coefficient (Wildman–Crippen LogP) is 6.80. The fourth-order valence-electron chi connectivity index (χ4n) is 9.03. The lowest BCUT2D eigenvalue weighted by Crippen LogP contribution is -2.45. The van der Waals surface area contributed by atoms with Gasteiger partial charge in [0.15, 0.2) is 11.6 Å². The van der Waals surface area contributed by atoms with Crippen molar-refractivity contribution in [2.24, 2.45) is 11.7 Å². The van der Waals surface area contributed by atoms with E-state index in [-0.39, 0.29) is 113 Å². The zero-order valence-corrected chi connectivity index (χ0v) is 55.7. The maximum absolute atomic E-state index is 12.3. The summed E-state index contributed by atoms with van der Waals surface area (Å²) < 4.78 is 77.7. The summed E-state index contributed by atoms with van der Waals surface area (Å²) in [6.45, 7) is 6.83. The Morgan fingerprint density at radius 2 is 1.01 bits per heavy atom. The number of rotatable bonds is 59. The van der Waals surface area contributed by atoms with Gasteiger partial charge in [0.1, 0.15) is 31.1 Å². The van der Waals surface area contributed by atoms with Crippen molar-refractivity contribution >= 4 is 79.0 Å². The molecule has 26 nitrogen and oxygen atoms in total. The number of carbonyl (C=O) groups is 10. The maximum Gasteiger partial charge on any atom is 0.326 e. The number of hydrogen-bond donors (Lipinski definition) is 8. The number of carbonyl (C=O) groups excluding carboxylic acids is 8. The molecule has 0 aromatic heterocycles. The number of aliphatic carboxylic acids is 2. The molecule has 9 N–H and O–H groups in total. The van der Waals surface area contributed by atoms with E-state index in [1.54, 1.807) is 6.92 Å². The van der Waals surface area contributed by atoms with E-state index in [9.17, 15) is 75.0 Å². The Balaban J connectivity index is 0.00000231. The summed E-state index contributed by atoms with van der Waals surface area (Å²) in [6.07, 6.45) is 18.3. The lowest BCUT2D eigenvalue weighted by molar-refractivity contribution is -0.145. The first-order valence-corrected chi connectivity index (χ1v) is 35.6. The topological polar surface area (TPSA) is 411 Å². The second-order valence-corrected chi connectivity index (χ2v) is 26.0. The molecule has 0 spiro atoms. The summed E-state index contributed by atoms with van der Waals surface area (Å²) in [4.78, 5) is 119. The summed E-state index contributed by atoms with van der Waals surface area (Å²) in [7, 11) is -7.71. The van der Waals surface area contributed by atoms with E-state index < -0.39 is 92.5 Å². The molecule has 0 aliphatic carbocycles. The van der Waals surface area contributed by atoms with Gasteiger partial charge in [-0.2, -0.15) is 8.42 Å². The second-order valence-electron chi connectivity index (χ2n) is 22.6. The molecule has 3 atom stereocenters. The number of ether oxygens (including phenoxy) is 4. The first-order chi connectivity index (χ1) is 43.3. The number of aryl methyl sites for hydroxylation is 1. The number of nitrogens with one attached hydrogen (secondary N) is 4. The van der Waals surface area contributed by atoms with E-state index in [1.165, 1.54) is 25.7 Å². The van der Waals surface area contributed by atoms with Gasteiger partial charge >= 0.3 is 11.9 Å². The van der Waals surface area contributed by atoms with Gasteiger partial charge in [0.2, 0.25) is 39.6 Å². The van der Waals surface area contributed by atoms with Gasteiger partial charge in [0.05, 0.1) is 50.5 Å². The Labute approximate surface area is 539 Å². The molecule has 1 aromatic rings. The van der Waals surface area contributed by atoms with Crippen molar-refractivity contribution in [3.05, 3.63) is 35.4 Å². The van der Waals surface area contributed by atoms with Gasteiger partial charge in [-0.1, -0.05) is 140 Å². The van der Waals surface area contributed by atoms with E-state index in [2.05, 4.69) is 20.7 Å². The maximum atomic E-state index is 12.3. The molecule has 0 saturated carbocycles. The minimum absolute atomic E-state index is 0.000124. The molecule has 0 saturated heterocycles. The zero-order valence-electron chi connectivity index (χ0n) is 54.1. The standard InChI is InChI=1S/C41H73N3O16S2.C22H34N2O5/c1-2-34(45)22-23-36(41(52)53)43-38(48)24-21-33(40(50)51)31-35(46)32-60-28-27-59-26-25-42-37(47)20-18-29-61(54,55)44-39(49)19-16-14-12-10-8-6-4-3-5-7-9-11-13-15-17-30-62(56,57)58;1-3-13-28-14-15-29-16-21(26)24-19(22(23)27)7-5-4-6-8-20(25)18-11-9-17(2)10-12-18/h33,36H,2-32H2,1H3,(H,42,47)(H,43,48)(H,44,49)(H,50,51)(H,52,53)(H,56,57,58);9-12,19H,3-8,13-16H2,1-2H3,(H2,23,27)(H,24,26)/t33-,36-;19-/m10/s1. The number of amides is 5. The largest absolute Gasteiger partial charge is 0.481 e. The Bertz CT molecular complexity index is 2500. The third-order valence-corrected chi connectivity index (χ3v) is 16.5.